The van der Waals surface area contributed by atoms with Gasteiger partial charge in [0.2, 0.25) is 0 Å². The molecule has 1 aliphatic heterocycles. The first-order valence-electron chi connectivity index (χ1n) is 11.4. The zero-order valence-corrected chi connectivity index (χ0v) is 22.2. The molecule has 31 heavy (non-hydrogen) atoms. The zero-order valence-electron chi connectivity index (χ0n) is 20.4. The van der Waals surface area contributed by atoms with Crippen molar-refractivity contribution in [3.63, 3.8) is 0 Å². The number of carbonyl (C=O) groups excluding carboxylic acids is 1. The van der Waals surface area contributed by atoms with E-state index in [1.165, 1.54) is 0 Å². The van der Waals surface area contributed by atoms with Gasteiger partial charge in [0.15, 0.2) is 14.1 Å². The lowest BCUT2D eigenvalue weighted by Gasteiger charge is -2.47. The molecule has 1 heterocycles. The van der Waals surface area contributed by atoms with Crippen LogP contribution in [-0.2, 0) is 28.3 Å². The quantitative estimate of drug-likeness (QED) is 0.423. The molecule has 8 heteroatoms. The molecule has 0 bridgehead atoms. The maximum absolute atomic E-state index is 12.9. The molecule has 0 N–H and O–H groups in total. The molecule has 6 atom stereocenters. The van der Waals surface area contributed by atoms with Crippen LogP contribution >= 0.6 is 0 Å². The Morgan fingerprint density at radius 1 is 1.26 bits per heavy atom. The molecule has 0 amide bonds. The monoisotopic (exact) mass is 472 g/mol. The predicted octanol–water partition coefficient (Wildman–Crippen LogP) is 4.32. The van der Waals surface area contributed by atoms with E-state index < -0.39 is 24.0 Å². The van der Waals surface area contributed by atoms with Crippen LogP contribution in [0.15, 0.2) is 12.2 Å². The maximum atomic E-state index is 12.9. The highest BCUT2D eigenvalue weighted by atomic mass is 32.2. The van der Waals surface area contributed by atoms with Gasteiger partial charge in [-0.2, -0.15) is 8.42 Å². The second kappa shape index (κ2) is 8.04. The fraction of sp³-hybridized carbons (Fsp3) is 0.870. The first-order chi connectivity index (χ1) is 14.0. The number of hydrogen-bond acceptors (Lipinski definition) is 6. The molecule has 0 aromatic rings. The van der Waals surface area contributed by atoms with Gasteiger partial charge in [0.1, 0.15) is 0 Å². The van der Waals surface area contributed by atoms with Crippen LogP contribution in [0.5, 0.6) is 0 Å². The zero-order chi connectivity index (χ0) is 23.5. The van der Waals surface area contributed by atoms with Gasteiger partial charge in [0, 0.05) is 11.3 Å². The lowest BCUT2D eigenvalue weighted by molar-refractivity contribution is -0.147. The summed E-state index contributed by atoms with van der Waals surface area (Å²) in [6.45, 7) is 16.1. The van der Waals surface area contributed by atoms with Crippen LogP contribution in [0.2, 0.25) is 18.1 Å². The van der Waals surface area contributed by atoms with Crippen molar-refractivity contribution in [2.24, 2.45) is 23.2 Å². The molecule has 178 valence electrons. The number of ether oxygens (including phenoxy) is 1. The van der Waals surface area contributed by atoms with E-state index in [0.29, 0.717) is 13.0 Å². The second-order valence-corrected chi connectivity index (χ2v) is 18.1. The number of fused-ring (bicyclic) bond motifs is 2. The van der Waals surface area contributed by atoms with Crippen LogP contribution in [-0.4, -0.2) is 53.7 Å². The van der Waals surface area contributed by atoms with Gasteiger partial charge in [-0.05, 0) is 55.3 Å². The molecule has 1 saturated heterocycles. The van der Waals surface area contributed by atoms with Crippen molar-refractivity contribution in [3.8, 4) is 0 Å². The van der Waals surface area contributed by atoms with E-state index in [2.05, 4.69) is 47.7 Å². The first-order valence-corrected chi connectivity index (χ1v) is 16.1. The summed E-state index contributed by atoms with van der Waals surface area (Å²) in [6.07, 6.45) is 6.91. The molecule has 6 nitrogen and oxygen atoms in total. The van der Waals surface area contributed by atoms with Crippen LogP contribution in [0.3, 0.4) is 0 Å². The molecule has 2 fully saturated rings. The standard InChI is InChI=1S/C23H40O6SSi/c1-16-12-18(15-28-31(7,8)21(2,3)4)29-23(16)13-17(14-27-30(6,25)26)20-19(24)10-9-11-22(20,23)5/h9-10,16-18,20H,11-15H2,1-8H3/t16-,17-,18+,20-,22+,23-/m1/s1. The van der Waals surface area contributed by atoms with Crippen molar-refractivity contribution < 1.29 is 26.6 Å². The number of carbonyl (C=O) groups is 1. The summed E-state index contributed by atoms with van der Waals surface area (Å²) in [7, 11) is -5.46. The summed E-state index contributed by atoms with van der Waals surface area (Å²) in [4.78, 5) is 12.9. The first kappa shape index (κ1) is 25.1. The van der Waals surface area contributed by atoms with Crippen molar-refractivity contribution in [2.45, 2.75) is 83.7 Å². The Morgan fingerprint density at radius 2 is 1.90 bits per heavy atom. The molecule has 1 saturated carbocycles. The van der Waals surface area contributed by atoms with Gasteiger partial charge in [0.05, 0.1) is 31.2 Å². The van der Waals surface area contributed by atoms with Crippen LogP contribution in [0, 0.1) is 23.2 Å². The van der Waals surface area contributed by atoms with E-state index in [0.717, 1.165) is 19.1 Å². The van der Waals surface area contributed by atoms with Gasteiger partial charge >= 0.3 is 0 Å². The number of hydrogen-bond donors (Lipinski definition) is 0. The van der Waals surface area contributed by atoms with Crippen LogP contribution in [0.1, 0.15) is 53.9 Å². The number of rotatable bonds is 6. The highest BCUT2D eigenvalue weighted by molar-refractivity contribution is 7.85. The molecular weight excluding hydrogens is 432 g/mol. The fourth-order valence-electron chi connectivity index (χ4n) is 5.87. The van der Waals surface area contributed by atoms with Gasteiger partial charge < -0.3 is 9.16 Å². The van der Waals surface area contributed by atoms with Crippen molar-refractivity contribution >= 4 is 24.2 Å². The Bertz CT molecular complexity index is 845. The average Bonchev–Trinajstić information content (AvgIpc) is 3.06. The van der Waals surface area contributed by atoms with Crippen LogP contribution in [0.25, 0.3) is 0 Å². The molecule has 0 aromatic carbocycles. The minimum Gasteiger partial charge on any atom is -0.414 e. The van der Waals surface area contributed by atoms with Crippen molar-refractivity contribution in [1.29, 1.82) is 0 Å². The largest absolute Gasteiger partial charge is 0.414 e. The Kier molecular flexibility index (Phi) is 6.51. The summed E-state index contributed by atoms with van der Waals surface area (Å²) in [5.74, 6) is -0.165. The molecule has 0 aromatic heterocycles. The normalized spacial score (nSPS) is 38.8. The smallest absolute Gasteiger partial charge is 0.264 e. The number of ketones is 1. The molecule has 3 aliphatic rings. The maximum Gasteiger partial charge on any atom is 0.264 e. The van der Waals surface area contributed by atoms with E-state index in [1.807, 2.05) is 6.08 Å². The second-order valence-electron chi connectivity index (χ2n) is 11.7. The third kappa shape index (κ3) is 4.47. The SMILES string of the molecule is C[C@@H]1C[C@@H](CO[Si](C)(C)C(C)(C)C)O[C@]12C[C@H](COS(C)(=O)=O)[C@@H]1C(=O)C=CC[C@@]12C. The lowest BCUT2D eigenvalue weighted by Crippen LogP contribution is -2.51. The van der Waals surface area contributed by atoms with Gasteiger partial charge in [-0.1, -0.05) is 40.7 Å². The van der Waals surface area contributed by atoms with Crippen molar-refractivity contribution in [2.75, 3.05) is 19.5 Å². The van der Waals surface area contributed by atoms with Gasteiger partial charge in [0.25, 0.3) is 10.1 Å². The van der Waals surface area contributed by atoms with Gasteiger partial charge in [-0.25, -0.2) is 0 Å². The lowest BCUT2D eigenvalue weighted by atomic mass is 9.61. The third-order valence-electron chi connectivity index (χ3n) is 8.54. The Labute approximate surface area is 189 Å². The van der Waals surface area contributed by atoms with Crippen molar-refractivity contribution in [3.05, 3.63) is 12.2 Å². The van der Waals surface area contributed by atoms with E-state index in [-0.39, 0.29) is 46.7 Å². The Morgan fingerprint density at radius 3 is 2.48 bits per heavy atom. The Hall–Kier alpha value is -0.543. The van der Waals surface area contributed by atoms with E-state index in [9.17, 15) is 13.2 Å². The Balaban J connectivity index is 1.84. The van der Waals surface area contributed by atoms with Gasteiger partial charge in [-0.15, -0.1) is 0 Å². The third-order valence-corrected chi connectivity index (χ3v) is 13.6. The molecule has 1 spiro atoms. The average molecular weight is 473 g/mol. The van der Waals surface area contributed by atoms with E-state index >= 15 is 0 Å². The topological polar surface area (TPSA) is 78.9 Å². The summed E-state index contributed by atoms with van der Waals surface area (Å²) >= 11 is 0. The summed E-state index contributed by atoms with van der Waals surface area (Å²) in [5.41, 5.74) is -0.861. The van der Waals surface area contributed by atoms with Crippen molar-refractivity contribution in [1.82, 2.24) is 0 Å². The minimum atomic E-state index is -3.57. The predicted molar refractivity (Wildman–Crippen MR) is 124 cm³/mol. The van der Waals surface area contributed by atoms with Gasteiger partial charge in [-0.3, -0.25) is 8.98 Å². The highest BCUT2D eigenvalue weighted by Crippen LogP contribution is 2.65. The molecular formula is C23H40O6SSi. The summed E-state index contributed by atoms with van der Waals surface area (Å²) in [6, 6.07) is 0. The molecule has 2 aliphatic carbocycles. The van der Waals surface area contributed by atoms with E-state index in [4.69, 9.17) is 13.3 Å². The molecule has 0 unspecified atom stereocenters. The fourth-order valence-corrected chi connectivity index (χ4v) is 7.33. The summed E-state index contributed by atoms with van der Waals surface area (Å²) < 4.78 is 41.7. The highest BCUT2D eigenvalue weighted by Gasteiger charge is 2.68. The summed E-state index contributed by atoms with van der Waals surface area (Å²) in [5, 5.41) is 0.133. The number of allylic oxidation sites excluding steroid dienone is 2. The van der Waals surface area contributed by atoms with Crippen LogP contribution < -0.4 is 0 Å². The molecule has 0 radical (unpaired) electrons. The van der Waals surface area contributed by atoms with E-state index in [1.54, 1.807) is 6.08 Å². The minimum absolute atomic E-state index is 0.0165. The van der Waals surface area contributed by atoms with Crippen LogP contribution in [0.4, 0.5) is 0 Å². The molecule has 3 rings (SSSR count).